The van der Waals surface area contributed by atoms with Gasteiger partial charge in [-0.15, -0.1) is 0 Å². The molecule has 0 aliphatic carbocycles. The molecule has 0 saturated carbocycles. The maximum absolute atomic E-state index is 13.6. The zero-order valence-electron chi connectivity index (χ0n) is 13.8. The van der Waals surface area contributed by atoms with Gasteiger partial charge in [0.05, 0.1) is 28.2 Å². The van der Waals surface area contributed by atoms with Gasteiger partial charge < -0.3 is 5.32 Å². The minimum absolute atomic E-state index is 0.124. The molecule has 0 atom stereocenters. The molecule has 140 valence electrons. The number of nitrogens with zero attached hydrogens (tertiary/aromatic N) is 2. The molecular weight excluding hydrogens is 402 g/mol. The van der Waals surface area contributed by atoms with Crippen molar-refractivity contribution in [3.8, 4) is 5.69 Å². The second kappa shape index (κ2) is 7.25. The van der Waals surface area contributed by atoms with Crippen LogP contribution in [0.5, 0.6) is 0 Å². The first-order valence-corrected chi connectivity index (χ1v) is 8.41. The van der Waals surface area contributed by atoms with Gasteiger partial charge >= 0.3 is 6.18 Å². The van der Waals surface area contributed by atoms with Gasteiger partial charge in [0.1, 0.15) is 0 Å². The van der Waals surface area contributed by atoms with Gasteiger partial charge in [0, 0.05) is 5.02 Å². The zero-order chi connectivity index (χ0) is 19.8. The number of carbonyl (C=O) groups excluding carboxylic acids is 1. The topological polar surface area (TPSA) is 46.9 Å². The second-order valence-corrected chi connectivity index (χ2v) is 6.57. The standard InChI is InChI=1S/C18H12Cl2F3N3O/c1-10-2-7-15(14(20)8-10)25-17(27)13-9-24-26(16(13)18(21,22)23)12-5-3-11(19)4-6-12/h2-9H,1H3,(H,25,27). The van der Waals surface area contributed by atoms with Crippen molar-refractivity contribution in [2.24, 2.45) is 0 Å². The van der Waals surface area contributed by atoms with Crippen molar-refractivity contribution >= 4 is 34.8 Å². The number of alkyl halides is 3. The van der Waals surface area contributed by atoms with E-state index in [0.717, 1.165) is 11.8 Å². The summed E-state index contributed by atoms with van der Waals surface area (Å²) in [5, 5.41) is 6.73. The Morgan fingerprint density at radius 2 is 1.78 bits per heavy atom. The molecular formula is C18H12Cl2F3N3O. The number of carbonyl (C=O) groups is 1. The Morgan fingerprint density at radius 3 is 2.37 bits per heavy atom. The van der Waals surface area contributed by atoms with Crippen LogP contribution >= 0.6 is 23.2 Å². The van der Waals surface area contributed by atoms with Crippen LogP contribution in [0.25, 0.3) is 5.69 Å². The Morgan fingerprint density at radius 1 is 1.11 bits per heavy atom. The van der Waals surface area contributed by atoms with E-state index in [1.165, 1.54) is 30.3 Å². The fourth-order valence-corrected chi connectivity index (χ4v) is 2.88. The van der Waals surface area contributed by atoms with Crippen LogP contribution in [0.15, 0.2) is 48.7 Å². The fraction of sp³-hybridized carbons (Fsp3) is 0.111. The summed E-state index contributed by atoms with van der Waals surface area (Å²) in [5.74, 6) is -0.965. The molecule has 27 heavy (non-hydrogen) atoms. The number of aromatic nitrogens is 2. The lowest BCUT2D eigenvalue weighted by Crippen LogP contribution is -2.20. The summed E-state index contributed by atoms with van der Waals surface area (Å²) in [7, 11) is 0. The van der Waals surface area contributed by atoms with Crippen LogP contribution in [0.2, 0.25) is 10.0 Å². The van der Waals surface area contributed by atoms with Gasteiger partial charge in [-0.2, -0.15) is 18.3 Å². The fourth-order valence-electron chi connectivity index (χ4n) is 2.48. The third-order valence-corrected chi connectivity index (χ3v) is 4.29. The molecule has 0 bridgehead atoms. The molecule has 4 nitrogen and oxygen atoms in total. The van der Waals surface area contributed by atoms with Crippen LogP contribution < -0.4 is 5.32 Å². The molecule has 0 unspecified atom stereocenters. The third kappa shape index (κ3) is 4.09. The smallest absolute Gasteiger partial charge is 0.321 e. The summed E-state index contributed by atoms with van der Waals surface area (Å²) in [6.45, 7) is 1.80. The number of halogens is 5. The van der Waals surface area contributed by atoms with E-state index >= 15 is 0 Å². The van der Waals surface area contributed by atoms with Crippen LogP contribution in [0, 0.1) is 6.92 Å². The van der Waals surface area contributed by atoms with Gasteiger partial charge in [-0.25, -0.2) is 4.68 Å². The zero-order valence-corrected chi connectivity index (χ0v) is 15.3. The Bertz CT molecular complexity index is 998. The minimum Gasteiger partial charge on any atom is -0.321 e. The highest BCUT2D eigenvalue weighted by atomic mass is 35.5. The molecule has 0 saturated heterocycles. The predicted molar refractivity (Wildman–Crippen MR) is 97.7 cm³/mol. The van der Waals surface area contributed by atoms with E-state index in [2.05, 4.69) is 10.4 Å². The summed E-state index contributed by atoms with van der Waals surface area (Å²) < 4.78 is 41.6. The van der Waals surface area contributed by atoms with Crippen molar-refractivity contribution < 1.29 is 18.0 Å². The van der Waals surface area contributed by atoms with Gasteiger partial charge in [0.2, 0.25) is 0 Å². The molecule has 9 heteroatoms. The number of rotatable bonds is 3. The van der Waals surface area contributed by atoms with Crippen LogP contribution in [-0.2, 0) is 6.18 Å². The molecule has 1 aromatic heterocycles. The molecule has 3 rings (SSSR count). The SMILES string of the molecule is Cc1ccc(NC(=O)c2cnn(-c3ccc(Cl)cc3)c2C(F)(F)F)c(Cl)c1. The number of hydrogen-bond acceptors (Lipinski definition) is 2. The first-order chi connectivity index (χ1) is 12.7. The Labute approximate surface area is 162 Å². The highest BCUT2D eigenvalue weighted by Gasteiger charge is 2.40. The predicted octanol–water partition coefficient (Wildman–Crippen LogP) is 5.76. The number of benzene rings is 2. The van der Waals surface area contributed by atoms with Gasteiger partial charge in [-0.1, -0.05) is 29.3 Å². The van der Waals surface area contributed by atoms with Crippen molar-refractivity contribution in [3.05, 3.63) is 75.5 Å². The number of hydrogen-bond donors (Lipinski definition) is 1. The van der Waals surface area contributed by atoms with E-state index in [9.17, 15) is 18.0 Å². The molecule has 1 heterocycles. The molecule has 0 aliphatic heterocycles. The largest absolute Gasteiger partial charge is 0.434 e. The summed E-state index contributed by atoms with van der Waals surface area (Å²) in [6.07, 6.45) is -3.94. The summed E-state index contributed by atoms with van der Waals surface area (Å²) in [4.78, 5) is 12.5. The maximum Gasteiger partial charge on any atom is 0.434 e. The Balaban J connectivity index is 2.02. The third-order valence-electron chi connectivity index (χ3n) is 3.73. The first kappa shape index (κ1) is 19.3. The average molecular weight is 414 g/mol. The average Bonchev–Trinajstić information content (AvgIpc) is 3.03. The molecule has 1 N–H and O–H groups in total. The van der Waals surface area contributed by atoms with Gasteiger partial charge in [-0.05, 0) is 48.9 Å². The van der Waals surface area contributed by atoms with Crippen LogP contribution in [-0.4, -0.2) is 15.7 Å². The van der Waals surface area contributed by atoms with E-state index in [-0.39, 0.29) is 16.4 Å². The van der Waals surface area contributed by atoms with E-state index in [1.807, 2.05) is 0 Å². The Kier molecular flexibility index (Phi) is 5.17. The van der Waals surface area contributed by atoms with Crippen molar-refractivity contribution in [1.29, 1.82) is 0 Å². The number of nitrogens with one attached hydrogen (secondary N) is 1. The summed E-state index contributed by atoms with van der Waals surface area (Å²) in [5.41, 5.74) is -0.622. The first-order valence-electron chi connectivity index (χ1n) is 7.65. The van der Waals surface area contributed by atoms with E-state index in [4.69, 9.17) is 23.2 Å². The minimum atomic E-state index is -4.81. The molecule has 0 aliphatic rings. The van der Waals surface area contributed by atoms with Crippen molar-refractivity contribution in [1.82, 2.24) is 9.78 Å². The number of aryl methyl sites for hydroxylation is 1. The molecule has 1 amide bonds. The molecule has 0 fully saturated rings. The van der Waals surface area contributed by atoms with Gasteiger partial charge in [0.15, 0.2) is 5.69 Å². The van der Waals surface area contributed by atoms with Crippen LogP contribution in [0.1, 0.15) is 21.6 Å². The lowest BCUT2D eigenvalue weighted by atomic mass is 10.2. The van der Waals surface area contributed by atoms with Crippen LogP contribution in [0.3, 0.4) is 0 Å². The van der Waals surface area contributed by atoms with Gasteiger partial charge in [-0.3, -0.25) is 4.79 Å². The monoisotopic (exact) mass is 413 g/mol. The quantitative estimate of drug-likeness (QED) is 0.593. The van der Waals surface area contributed by atoms with Crippen LogP contribution in [0.4, 0.5) is 18.9 Å². The molecule has 3 aromatic rings. The summed E-state index contributed by atoms with van der Waals surface area (Å²) >= 11 is 11.8. The molecule has 0 spiro atoms. The van der Waals surface area contributed by atoms with Crippen molar-refractivity contribution in [2.45, 2.75) is 13.1 Å². The van der Waals surface area contributed by atoms with E-state index in [0.29, 0.717) is 9.70 Å². The highest BCUT2D eigenvalue weighted by molar-refractivity contribution is 6.34. The van der Waals surface area contributed by atoms with Crippen molar-refractivity contribution in [3.63, 3.8) is 0 Å². The maximum atomic E-state index is 13.6. The lowest BCUT2D eigenvalue weighted by Gasteiger charge is -2.13. The highest BCUT2D eigenvalue weighted by Crippen LogP contribution is 2.34. The van der Waals surface area contributed by atoms with Crippen molar-refractivity contribution in [2.75, 3.05) is 5.32 Å². The van der Waals surface area contributed by atoms with E-state index < -0.39 is 23.3 Å². The lowest BCUT2D eigenvalue weighted by molar-refractivity contribution is -0.143. The number of anilines is 1. The normalized spacial score (nSPS) is 11.5. The number of amides is 1. The van der Waals surface area contributed by atoms with E-state index in [1.54, 1.807) is 19.1 Å². The summed E-state index contributed by atoms with van der Waals surface area (Å²) in [6, 6.07) is 10.4. The Hall–Kier alpha value is -2.51. The second-order valence-electron chi connectivity index (χ2n) is 5.73. The molecule has 0 radical (unpaired) electrons. The van der Waals surface area contributed by atoms with Gasteiger partial charge in [0.25, 0.3) is 5.91 Å². The molecule has 2 aromatic carbocycles.